The molecule has 3 rings (SSSR count). The van der Waals surface area contributed by atoms with E-state index < -0.39 is 0 Å². The number of aromatic hydroxyl groups is 1. The highest BCUT2D eigenvalue weighted by Gasteiger charge is 2.25. The Morgan fingerprint density at radius 1 is 1.05 bits per heavy atom. The fourth-order valence-corrected chi connectivity index (χ4v) is 2.28. The molecule has 0 amide bonds. The number of para-hydroxylation sites is 2. The summed E-state index contributed by atoms with van der Waals surface area (Å²) in [6.07, 6.45) is 0. The van der Waals surface area contributed by atoms with Crippen molar-refractivity contribution in [2.45, 2.75) is 6.92 Å². The molecule has 1 N–H and O–H groups in total. The van der Waals surface area contributed by atoms with E-state index in [2.05, 4.69) is 0 Å². The van der Waals surface area contributed by atoms with Crippen molar-refractivity contribution in [1.29, 1.82) is 0 Å². The minimum Gasteiger partial charge on any atom is -0.617 e. The second-order valence-corrected chi connectivity index (χ2v) is 4.64. The highest BCUT2D eigenvalue weighted by Crippen LogP contribution is 2.27. The first kappa shape index (κ1) is 14.2. The van der Waals surface area contributed by atoms with E-state index in [1.807, 2.05) is 6.92 Å². The monoisotopic (exact) mass is 302 g/mol. The van der Waals surface area contributed by atoms with Gasteiger partial charge < -0.3 is 25.0 Å². The molecule has 0 atom stereocenters. The van der Waals surface area contributed by atoms with Gasteiger partial charge in [-0.05, 0) is 6.92 Å². The average Bonchev–Trinajstić information content (AvgIpc) is 2.52. The van der Waals surface area contributed by atoms with Gasteiger partial charge in [-0.2, -0.15) is 9.46 Å². The largest absolute Gasteiger partial charge is 0.617 e. The molecule has 1 heterocycles. The molecule has 1 aromatic heterocycles. The summed E-state index contributed by atoms with van der Waals surface area (Å²) in [5.41, 5.74) is 0.326. The predicted octanol–water partition coefficient (Wildman–Crippen LogP) is 1.34. The highest BCUT2D eigenvalue weighted by atomic mass is 16.7. The second kappa shape index (κ2) is 5.53. The van der Waals surface area contributed by atoms with Crippen LogP contribution in [0.5, 0.6) is 11.5 Å². The van der Waals surface area contributed by atoms with Gasteiger partial charge in [0.2, 0.25) is 5.75 Å². The number of nitrogens with zero attached hydrogens (tertiary/aromatic N) is 2. The minimum atomic E-state index is -0.325. The van der Waals surface area contributed by atoms with Crippen LogP contribution >= 0.6 is 0 Å². The third-order valence-corrected chi connectivity index (χ3v) is 3.30. The molecule has 3 aromatic rings. The summed E-state index contributed by atoms with van der Waals surface area (Å²) >= 11 is 0. The van der Waals surface area contributed by atoms with Gasteiger partial charge in [0.05, 0.1) is 6.07 Å². The van der Waals surface area contributed by atoms with Crippen LogP contribution < -0.4 is 14.2 Å². The molecule has 114 valence electrons. The van der Waals surface area contributed by atoms with E-state index in [1.165, 1.54) is 18.2 Å². The van der Waals surface area contributed by atoms with Gasteiger partial charge in [0.25, 0.3) is 16.6 Å². The Bertz CT molecular complexity index is 850. The fourth-order valence-electron chi connectivity index (χ4n) is 2.28. The van der Waals surface area contributed by atoms with E-state index in [0.29, 0.717) is 16.1 Å². The molecule has 0 spiro atoms. The summed E-state index contributed by atoms with van der Waals surface area (Å²) in [6.45, 7) is 2.29. The van der Waals surface area contributed by atoms with E-state index >= 15 is 0 Å². The molecule has 0 saturated heterocycles. The highest BCUT2D eigenvalue weighted by molar-refractivity contribution is 5.81. The van der Waals surface area contributed by atoms with Gasteiger partial charge in [-0.3, -0.25) is 0 Å². The fraction of sp³-hybridized carbons (Fsp3) is 0.200. The van der Waals surface area contributed by atoms with E-state index in [1.54, 1.807) is 18.2 Å². The van der Waals surface area contributed by atoms with Crippen molar-refractivity contribution in [3.8, 4) is 11.5 Å². The van der Waals surface area contributed by atoms with Crippen molar-refractivity contribution in [1.82, 2.24) is 0 Å². The molecule has 0 fully saturated rings. The van der Waals surface area contributed by atoms with Gasteiger partial charge in [0, 0.05) is 24.8 Å². The summed E-state index contributed by atoms with van der Waals surface area (Å²) in [5.74, 6) is -0.0762. The summed E-state index contributed by atoms with van der Waals surface area (Å²) in [4.78, 5) is 0. The van der Waals surface area contributed by atoms with Crippen molar-refractivity contribution in [3.63, 3.8) is 0 Å². The molecule has 0 saturated carbocycles. The van der Waals surface area contributed by atoms with Crippen LogP contribution in [-0.4, -0.2) is 18.5 Å². The standard InChI is InChI=1S/C15H14N2O5/c1-2-21-9-22-10-7-13-15(14(18)8-10)17(20)12-6-4-3-5-11(12)16(13)19/h3-8,18H,2,9H2,1H3. The molecule has 0 unspecified atom stereocenters. The van der Waals surface area contributed by atoms with Gasteiger partial charge in [0.1, 0.15) is 5.75 Å². The van der Waals surface area contributed by atoms with Crippen LogP contribution in [0, 0.1) is 10.4 Å². The summed E-state index contributed by atoms with van der Waals surface area (Å²) in [5, 5.41) is 34.9. The van der Waals surface area contributed by atoms with Gasteiger partial charge in [-0.15, -0.1) is 0 Å². The minimum absolute atomic E-state index is 0.00867. The maximum Gasteiger partial charge on any atom is 0.332 e. The van der Waals surface area contributed by atoms with E-state index in [-0.39, 0.29) is 40.4 Å². The zero-order chi connectivity index (χ0) is 15.7. The van der Waals surface area contributed by atoms with Crippen LogP contribution in [0.4, 0.5) is 0 Å². The third kappa shape index (κ3) is 2.21. The molecular weight excluding hydrogens is 288 g/mol. The number of aromatic nitrogens is 2. The SMILES string of the molecule is CCOCOc1cc(O)c2c(c1)[n+]([O-])c1ccccc1[n+]2[O-]. The summed E-state index contributed by atoms with van der Waals surface area (Å²) in [7, 11) is 0. The van der Waals surface area contributed by atoms with Crippen molar-refractivity contribution >= 4 is 22.1 Å². The Kier molecular flexibility index (Phi) is 3.56. The Balaban J connectivity index is 2.24. The maximum absolute atomic E-state index is 12.4. The number of phenolic OH excluding ortho intramolecular Hbond substituents is 1. The molecule has 7 heteroatoms. The first-order valence-corrected chi connectivity index (χ1v) is 6.74. The molecule has 0 aliphatic heterocycles. The predicted molar refractivity (Wildman–Crippen MR) is 78.2 cm³/mol. The van der Waals surface area contributed by atoms with E-state index in [9.17, 15) is 15.5 Å². The number of benzene rings is 2. The molecule has 0 bridgehead atoms. The Hall–Kier alpha value is -2.80. The van der Waals surface area contributed by atoms with Crippen LogP contribution in [-0.2, 0) is 4.74 Å². The van der Waals surface area contributed by atoms with Crippen LogP contribution in [0.15, 0.2) is 36.4 Å². The maximum atomic E-state index is 12.4. The molecule has 7 nitrogen and oxygen atoms in total. The Morgan fingerprint density at radius 3 is 2.41 bits per heavy atom. The quantitative estimate of drug-likeness (QED) is 0.258. The zero-order valence-corrected chi connectivity index (χ0v) is 11.9. The Labute approximate surface area is 125 Å². The smallest absolute Gasteiger partial charge is 0.332 e. The van der Waals surface area contributed by atoms with Crippen LogP contribution in [0.1, 0.15) is 6.92 Å². The van der Waals surface area contributed by atoms with Crippen molar-refractivity contribution in [3.05, 3.63) is 46.8 Å². The lowest BCUT2D eigenvalue weighted by molar-refractivity contribution is -0.591. The van der Waals surface area contributed by atoms with Gasteiger partial charge in [-0.1, -0.05) is 12.1 Å². The zero-order valence-electron chi connectivity index (χ0n) is 11.9. The van der Waals surface area contributed by atoms with Gasteiger partial charge >= 0.3 is 5.52 Å². The van der Waals surface area contributed by atoms with Crippen LogP contribution in [0.2, 0.25) is 0 Å². The van der Waals surface area contributed by atoms with Crippen molar-refractivity contribution < 1.29 is 24.0 Å². The molecular formula is C15H14N2O5. The van der Waals surface area contributed by atoms with Crippen LogP contribution in [0.3, 0.4) is 0 Å². The lowest BCUT2D eigenvalue weighted by Crippen LogP contribution is -2.39. The number of rotatable bonds is 4. The topological polar surface area (TPSA) is 92.6 Å². The van der Waals surface area contributed by atoms with Gasteiger partial charge in [-0.25, -0.2) is 0 Å². The lowest BCUT2D eigenvalue weighted by Gasteiger charge is -2.10. The average molecular weight is 302 g/mol. The number of fused-ring (bicyclic) bond motifs is 2. The first-order valence-electron chi connectivity index (χ1n) is 6.74. The number of phenols is 1. The first-order chi connectivity index (χ1) is 10.6. The van der Waals surface area contributed by atoms with Crippen LogP contribution in [0.25, 0.3) is 22.1 Å². The van der Waals surface area contributed by atoms with Crippen molar-refractivity contribution in [2.24, 2.45) is 0 Å². The second-order valence-electron chi connectivity index (χ2n) is 4.64. The Morgan fingerprint density at radius 2 is 1.73 bits per heavy atom. The lowest BCUT2D eigenvalue weighted by atomic mass is 10.2. The van der Waals surface area contributed by atoms with E-state index in [0.717, 1.165) is 0 Å². The van der Waals surface area contributed by atoms with Gasteiger partial charge in [0.15, 0.2) is 6.79 Å². The third-order valence-electron chi connectivity index (χ3n) is 3.30. The number of hydrogen-bond acceptors (Lipinski definition) is 5. The molecule has 22 heavy (non-hydrogen) atoms. The number of ether oxygens (including phenoxy) is 2. The molecule has 2 aromatic carbocycles. The summed E-state index contributed by atoms with van der Waals surface area (Å²) < 4.78 is 11.5. The summed E-state index contributed by atoms with van der Waals surface area (Å²) in [6, 6.07) is 9.07. The molecule has 0 aliphatic rings. The molecule has 0 radical (unpaired) electrons. The molecule has 0 aliphatic carbocycles. The van der Waals surface area contributed by atoms with Crippen molar-refractivity contribution in [2.75, 3.05) is 13.4 Å². The van der Waals surface area contributed by atoms with E-state index in [4.69, 9.17) is 9.47 Å². The normalized spacial score (nSPS) is 11.1. The number of hydrogen-bond donors (Lipinski definition) is 1.